The Hall–Kier alpha value is -1.68. The predicted octanol–water partition coefficient (Wildman–Crippen LogP) is 2.86. The van der Waals surface area contributed by atoms with E-state index in [0.29, 0.717) is 5.49 Å². The number of rotatable bonds is 2. The van der Waals surface area contributed by atoms with Crippen molar-refractivity contribution in [3.63, 3.8) is 0 Å². The van der Waals surface area contributed by atoms with E-state index in [1.165, 1.54) is 11.3 Å². The first kappa shape index (κ1) is 12.8. The summed E-state index contributed by atoms with van der Waals surface area (Å²) in [7, 11) is 0. The van der Waals surface area contributed by atoms with E-state index in [9.17, 15) is 4.79 Å². The summed E-state index contributed by atoms with van der Waals surface area (Å²) in [4.78, 5) is 17.7. The highest BCUT2D eigenvalue weighted by Gasteiger charge is 2.12. The van der Waals surface area contributed by atoms with Gasteiger partial charge in [0, 0.05) is 12.2 Å². The average Bonchev–Trinajstić information content (AvgIpc) is 2.74. The van der Waals surface area contributed by atoms with Gasteiger partial charge in [0.25, 0.3) is 5.91 Å². The summed E-state index contributed by atoms with van der Waals surface area (Å²) >= 11 is 1.47. The molecule has 0 unspecified atom stereocenters. The van der Waals surface area contributed by atoms with Crippen molar-refractivity contribution in [2.45, 2.75) is 26.8 Å². The number of aryl methyl sites for hydroxylation is 1. The maximum atomic E-state index is 12.4. The molecule has 0 saturated carbocycles. The predicted molar refractivity (Wildman–Crippen MR) is 73.9 cm³/mol. The Balaban J connectivity index is 2.53. The molecule has 2 heterocycles. The van der Waals surface area contributed by atoms with Crippen LogP contribution >= 0.6 is 11.3 Å². The molecule has 0 fully saturated rings. The minimum absolute atomic E-state index is 0.0116. The van der Waals surface area contributed by atoms with Gasteiger partial charge in [0.1, 0.15) is 5.49 Å². The lowest BCUT2D eigenvalue weighted by molar-refractivity contribution is 0.0958. The maximum Gasteiger partial charge on any atom is 0.273 e. The lowest BCUT2D eigenvalue weighted by atomic mass is 10.3. The van der Waals surface area contributed by atoms with Crippen LogP contribution in [0, 0.1) is 6.92 Å². The topological polar surface area (TPSA) is 34.4 Å². The quantitative estimate of drug-likeness (QED) is 0.817. The van der Waals surface area contributed by atoms with Crippen LogP contribution in [0.4, 0.5) is 0 Å². The fourth-order valence-corrected chi connectivity index (χ4v) is 2.54. The Bertz CT molecular complexity index is 622. The lowest BCUT2D eigenvalue weighted by Gasteiger charge is -2.06. The van der Waals surface area contributed by atoms with Crippen molar-refractivity contribution in [1.29, 1.82) is 0 Å². The van der Waals surface area contributed by atoms with E-state index >= 15 is 0 Å². The molecule has 0 aliphatic carbocycles. The van der Waals surface area contributed by atoms with Crippen molar-refractivity contribution in [3.05, 3.63) is 51.8 Å². The molecule has 0 amide bonds. The number of hydrogen-bond acceptors (Lipinski definition) is 3. The molecule has 0 aliphatic rings. The third-order valence-electron chi connectivity index (χ3n) is 2.50. The van der Waals surface area contributed by atoms with Gasteiger partial charge in [0.15, 0.2) is 0 Å². The Morgan fingerprint density at radius 2 is 2.11 bits per heavy atom. The SMILES string of the molecule is Cc1ccsc1C(=O)n1ccccc1=NC(C)C. The molecule has 4 heteroatoms. The minimum Gasteiger partial charge on any atom is -0.267 e. The molecule has 0 aromatic carbocycles. The van der Waals surface area contributed by atoms with Crippen LogP contribution in [0.15, 0.2) is 40.8 Å². The molecule has 2 aromatic rings. The van der Waals surface area contributed by atoms with Gasteiger partial charge in [-0.25, -0.2) is 0 Å². The summed E-state index contributed by atoms with van der Waals surface area (Å²) in [6.07, 6.45) is 1.77. The second kappa shape index (κ2) is 5.31. The molecule has 0 bridgehead atoms. The number of hydrogen-bond donors (Lipinski definition) is 0. The Morgan fingerprint density at radius 1 is 1.33 bits per heavy atom. The van der Waals surface area contributed by atoms with Crippen LogP contribution in [0.2, 0.25) is 0 Å². The molecule has 0 saturated heterocycles. The van der Waals surface area contributed by atoms with Crippen LogP contribution in [0.1, 0.15) is 29.1 Å². The fourth-order valence-electron chi connectivity index (χ4n) is 1.68. The second-order valence-electron chi connectivity index (χ2n) is 4.39. The van der Waals surface area contributed by atoms with Gasteiger partial charge in [-0.1, -0.05) is 6.07 Å². The number of nitrogens with zero attached hydrogens (tertiary/aromatic N) is 2. The first-order valence-electron chi connectivity index (χ1n) is 5.90. The molecule has 94 valence electrons. The molecule has 0 aliphatic heterocycles. The first-order chi connectivity index (χ1) is 8.59. The summed E-state index contributed by atoms with van der Waals surface area (Å²) in [5.41, 5.74) is 1.71. The number of carbonyl (C=O) groups excluding carboxylic acids is 1. The van der Waals surface area contributed by atoms with Crippen molar-refractivity contribution < 1.29 is 4.79 Å². The monoisotopic (exact) mass is 260 g/mol. The van der Waals surface area contributed by atoms with E-state index in [1.807, 2.05) is 50.4 Å². The molecule has 0 radical (unpaired) electrons. The van der Waals surface area contributed by atoms with Crippen molar-refractivity contribution in [1.82, 2.24) is 4.57 Å². The molecular weight excluding hydrogens is 244 g/mol. The van der Waals surface area contributed by atoms with Crippen molar-refractivity contribution in [2.24, 2.45) is 4.99 Å². The maximum absolute atomic E-state index is 12.4. The standard InChI is InChI=1S/C14H16N2OS/c1-10(2)15-12-6-4-5-8-16(12)14(17)13-11(3)7-9-18-13/h4-10H,1-3H3. The molecule has 3 nitrogen and oxygen atoms in total. The normalized spacial score (nSPS) is 12.1. The van der Waals surface area contributed by atoms with Crippen LogP contribution in [0.5, 0.6) is 0 Å². The summed E-state index contributed by atoms with van der Waals surface area (Å²) in [5, 5.41) is 1.94. The number of carbonyl (C=O) groups is 1. The molecule has 2 aromatic heterocycles. The van der Waals surface area contributed by atoms with E-state index in [0.717, 1.165) is 10.4 Å². The molecule has 2 rings (SSSR count). The smallest absolute Gasteiger partial charge is 0.267 e. The third kappa shape index (κ3) is 2.59. The van der Waals surface area contributed by atoms with Crippen LogP contribution < -0.4 is 5.49 Å². The van der Waals surface area contributed by atoms with Crippen LogP contribution in [-0.2, 0) is 0 Å². The zero-order chi connectivity index (χ0) is 13.1. The van der Waals surface area contributed by atoms with Gasteiger partial charge in [0.2, 0.25) is 0 Å². The first-order valence-corrected chi connectivity index (χ1v) is 6.78. The van der Waals surface area contributed by atoms with Gasteiger partial charge >= 0.3 is 0 Å². The van der Waals surface area contributed by atoms with Gasteiger partial charge in [0.05, 0.1) is 4.88 Å². The van der Waals surface area contributed by atoms with Gasteiger partial charge in [-0.2, -0.15) is 0 Å². The molecule has 18 heavy (non-hydrogen) atoms. The van der Waals surface area contributed by atoms with Crippen LogP contribution in [0.25, 0.3) is 0 Å². The molecule has 0 spiro atoms. The zero-order valence-electron chi connectivity index (χ0n) is 10.8. The highest BCUT2D eigenvalue weighted by atomic mass is 32.1. The van der Waals surface area contributed by atoms with Crippen molar-refractivity contribution >= 4 is 17.2 Å². The van der Waals surface area contributed by atoms with Crippen LogP contribution in [0.3, 0.4) is 0 Å². The third-order valence-corrected chi connectivity index (χ3v) is 3.51. The Kier molecular flexibility index (Phi) is 3.77. The van der Waals surface area contributed by atoms with Gasteiger partial charge in [-0.3, -0.25) is 14.4 Å². The Labute approximate surface area is 110 Å². The highest BCUT2D eigenvalue weighted by molar-refractivity contribution is 7.12. The van der Waals surface area contributed by atoms with Crippen molar-refractivity contribution in [3.8, 4) is 0 Å². The number of aromatic nitrogens is 1. The second-order valence-corrected chi connectivity index (χ2v) is 5.31. The fraction of sp³-hybridized carbons (Fsp3) is 0.286. The lowest BCUT2D eigenvalue weighted by Crippen LogP contribution is -2.27. The zero-order valence-corrected chi connectivity index (χ0v) is 11.6. The van der Waals surface area contributed by atoms with Gasteiger partial charge in [-0.05, 0) is 49.9 Å². The van der Waals surface area contributed by atoms with Crippen LogP contribution in [-0.4, -0.2) is 16.5 Å². The number of thiophene rings is 1. The summed E-state index contributed by atoms with van der Waals surface area (Å²) in [5.74, 6) is -0.0116. The van der Waals surface area contributed by atoms with E-state index in [-0.39, 0.29) is 11.9 Å². The van der Waals surface area contributed by atoms with Gasteiger partial charge in [-0.15, -0.1) is 11.3 Å². The molecule has 0 atom stereocenters. The van der Waals surface area contributed by atoms with E-state index in [4.69, 9.17) is 0 Å². The van der Waals surface area contributed by atoms with E-state index < -0.39 is 0 Å². The Morgan fingerprint density at radius 3 is 2.72 bits per heavy atom. The van der Waals surface area contributed by atoms with Gasteiger partial charge < -0.3 is 0 Å². The number of pyridine rings is 1. The molecule has 0 N–H and O–H groups in total. The van der Waals surface area contributed by atoms with Crippen molar-refractivity contribution in [2.75, 3.05) is 0 Å². The molecular formula is C14H16N2OS. The summed E-state index contributed by atoms with van der Waals surface area (Å²) < 4.78 is 1.61. The van der Waals surface area contributed by atoms with E-state index in [1.54, 1.807) is 10.8 Å². The summed E-state index contributed by atoms with van der Waals surface area (Å²) in [6.45, 7) is 5.95. The van der Waals surface area contributed by atoms with E-state index in [2.05, 4.69) is 4.99 Å². The highest BCUT2D eigenvalue weighted by Crippen LogP contribution is 2.16. The average molecular weight is 260 g/mol. The summed E-state index contributed by atoms with van der Waals surface area (Å²) in [6, 6.07) is 7.73. The largest absolute Gasteiger partial charge is 0.273 e. The minimum atomic E-state index is -0.0116.